The predicted molar refractivity (Wildman–Crippen MR) is 113 cm³/mol. The van der Waals surface area contributed by atoms with Crippen LogP contribution in [0.15, 0.2) is 29.4 Å². The van der Waals surface area contributed by atoms with Gasteiger partial charge in [-0.3, -0.25) is 0 Å². The van der Waals surface area contributed by atoms with E-state index >= 15 is 0 Å². The second-order valence-electron chi connectivity index (χ2n) is 6.32. The van der Waals surface area contributed by atoms with Gasteiger partial charge < -0.3 is 29.0 Å². The summed E-state index contributed by atoms with van der Waals surface area (Å²) in [5.74, 6) is 2.60. The maximum atomic E-state index is 6.09. The van der Waals surface area contributed by atoms with E-state index in [0.29, 0.717) is 30.3 Å². The van der Waals surface area contributed by atoms with Crippen LogP contribution in [-0.2, 0) is 20.1 Å². The van der Waals surface area contributed by atoms with E-state index in [4.69, 9.17) is 30.8 Å². The highest BCUT2D eigenvalue weighted by Gasteiger charge is 2.14. The van der Waals surface area contributed by atoms with Gasteiger partial charge in [0.1, 0.15) is 0 Å². The minimum absolute atomic E-state index is 0.470. The molecule has 0 saturated carbocycles. The van der Waals surface area contributed by atoms with Crippen LogP contribution in [0.3, 0.4) is 0 Å². The molecule has 1 N–H and O–H groups in total. The summed E-state index contributed by atoms with van der Waals surface area (Å²) in [4.78, 5) is 6.82. The standard InChI is InChI=1S/C20H29ClN4O3/c1-7-22-20(25(3)13-16-10-15(21)12-24(16)2)23-11-14-8-17(26-4)19(28-6)18(9-14)27-5/h8-10,12H,7,11,13H2,1-6H3,(H,22,23). The van der Waals surface area contributed by atoms with Gasteiger partial charge >= 0.3 is 0 Å². The lowest BCUT2D eigenvalue weighted by atomic mass is 10.2. The Morgan fingerprint density at radius 1 is 1.14 bits per heavy atom. The maximum absolute atomic E-state index is 6.09. The van der Waals surface area contributed by atoms with Crippen molar-refractivity contribution in [3.8, 4) is 17.2 Å². The molecule has 0 atom stereocenters. The molecule has 154 valence electrons. The topological polar surface area (TPSA) is 60.3 Å². The van der Waals surface area contributed by atoms with Gasteiger partial charge in [0.05, 0.1) is 39.4 Å². The molecule has 0 aliphatic carbocycles. The summed E-state index contributed by atoms with van der Waals surface area (Å²) in [6.45, 7) is 3.97. The van der Waals surface area contributed by atoms with Crippen molar-refractivity contribution in [2.24, 2.45) is 12.0 Å². The molecule has 2 aromatic rings. The number of aryl methyl sites for hydroxylation is 1. The first kappa shape index (κ1) is 21.8. The highest BCUT2D eigenvalue weighted by Crippen LogP contribution is 2.38. The van der Waals surface area contributed by atoms with Crippen LogP contribution in [0.1, 0.15) is 18.2 Å². The number of nitrogens with zero attached hydrogens (tertiary/aromatic N) is 3. The van der Waals surface area contributed by atoms with Gasteiger partial charge in [-0.15, -0.1) is 0 Å². The van der Waals surface area contributed by atoms with Gasteiger partial charge in [-0.25, -0.2) is 4.99 Å². The Morgan fingerprint density at radius 2 is 1.79 bits per heavy atom. The fourth-order valence-electron chi connectivity index (χ4n) is 2.90. The molecule has 0 aliphatic heterocycles. The highest BCUT2D eigenvalue weighted by molar-refractivity contribution is 6.30. The normalized spacial score (nSPS) is 11.3. The minimum atomic E-state index is 0.470. The number of benzene rings is 1. The van der Waals surface area contributed by atoms with Crippen LogP contribution in [-0.4, -0.2) is 50.3 Å². The molecular formula is C20H29ClN4O3. The van der Waals surface area contributed by atoms with Gasteiger partial charge in [0.25, 0.3) is 0 Å². The molecule has 1 heterocycles. The molecule has 8 heteroatoms. The van der Waals surface area contributed by atoms with Gasteiger partial charge in [0.2, 0.25) is 5.75 Å². The first-order valence-electron chi connectivity index (χ1n) is 9.02. The molecule has 7 nitrogen and oxygen atoms in total. The summed E-state index contributed by atoms with van der Waals surface area (Å²) in [6.07, 6.45) is 1.89. The van der Waals surface area contributed by atoms with Crippen LogP contribution in [0.4, 0.5) is 0 Å². The summed E-state index contributed by atoms with van der Waals surface area (Å²) in [5.41, 5.74) is 2.06. The fourth-order valence-corrected chi connectivity index (χ4v) is 3.18. The average molecular weight is 409 g/mol. The summed E-state index contributed by atoms with van der Waals surface area (Å²) in [5, 5.41) is 4.05. The Labute approximate surface area is 171 Å². The number of nitrogens with one attached hydrogen (secondary N) is 1. The molecule has 28 heavy (non-hydrogen) atoms. The second kappa shape index (κ2) is 10.1. The Kier molecular flexibility index (Phi) is 7.87. The predicted octanol–water partition coefficient (Wildman–Crippen LogP) is 3.30. The number of hydrogen-bond acceptors (Lipinski definition) is 4. The summed E-state index contributed by atoms with van der Waals surface area (Å²) in [6, 6.07) is 5.78. The lowest BCUT2D eigenvalue weighted by molar-refractivity contribution is 0.324. The molecule has 0 bridgehead atoms. The molecule has 0 fully saturated rings. The van der Waals surface area contributed by atoms with Crippen LogP contribution >= 0.6 is 11.6 Å². The van der Waals surface area contributed by atoms with E-state index in [-0.39, 0.29) is 0 Å². The smallest absolute Gasteiger partial charge is 0.203 e. The molecular weight excluding hydrogens is 380 g/mol. The molecule has 0 amide bonds. The monoisotopic (exact) mass is 408 g/mol. The second-order valence-corrected chi connectivity index (χ2v) is 6.76. The Morgan fingerprint density at radius 3 is 2.25 bits per heavy atom. The van der Waals surface area contributed by atoms with Gasteiger partial charge in [0.15, 0.2) is 17.5 Å². The average Bonchev–Trinajstić information content (AvgIpc) is 3.00. The van der Waals surface area contributed by atoms with Crippen LogP contribution in [0.5, 0.6) is 17.2 Å². The van der Waals surface area contributed by atoms with Crippen LogP contribution < -0.4 is 19.5 Å². The molecule has 0 spiro atoms. The Hall–Kier alpha value is -2.54. The van der Waals surface area contributed by atoms with E-state index in [0.717, 1.165) is 28.8 Å². The van der Waals surface area contributed by atoms with Gasteiger partial charge in [-0.1, -0.05) is 11.6 Å². The highest BCUT2D eigenvalue weighted by atomic mass is 35.5. The number of aliphatic imine (C=N–C) groups is 1. The van der Waals surface area contributed by atoms with Crippen molar-refractivity contribution in [2.75, 3.05) is 34.9 Å². The van der Waals surface area contributed by atoms with Crippen molar-refractivity contribution in [1.29, 1.82) is 0 Å². The molecule has 1 aromatic heterocycles. The molecule has 0 unspecified atom stereocenters. The molecule has 2 rings (SSSR count). The number of rotatable bonds is 8. The van der Waals surface area contributed by atoms with E-state index in [1.54, 1.807) is 21.3 Å². The van der Waals surface area contributed by atoms with Gasteiger partial charge in [0, 0.05) is 32.5 Å². The largest absolute Gasteiger partial charge is 0.493 e. The minimum Gasteiger partial charge on any atom is -0.493 e. The van der Waals surface area contributed by atoms with E-state index in [9.17, 15) is 0 Å². The molecule has 0 radical (unpaired) electrons. The zero-order valence-electron chi connectivity index (χ0n) is 17.4. The maximum Gasteiger partial charge on any atom is 0.203 e. The molecule has 0 saturated heterocycles. The van der Waals surface area contributed by atoms with E-state index in [1.165, 1.54) is 0 Å². The number of aromatic nitrogens is 1. The number of ether oxygens (including phenoxy) is 3. The Bertz CT molecular complexity index is 795. The summed E-state index contributed by atoms with van der Waals surface area (Å²) >= 11 is 6.09. The molecule has 1 aromatic carbocycles. The zero-order chi connectivity index (χ0) is 20.7. The van der Waals surface area contributed by atoms with Crippen LogP contribution in [0.25, 0.3) is 0 Å². The van der Waals surface area contributed by atoms with Gasteiger partial charge in [-0.05, 0) is 30.7 Å². The van der Waals surface area contributed by atoms with E-state index < -0.39 is 0 Å². The number of hydrogen-bond donors (Lipinski definition) is 1. The van der Waals surface area contributed by atoms with Crippen molar-refractivity contribution in [3.63, 3.8) is 0 Å². The lowest BCUT2D eigenvalue weighted by Gasteiger charge is -2.22. The number of methoxy groups -OCH3 is 3. The zero-order valence-corrected chi connectivity index (χ0v) is 18.1. The van der Waals surface area contributed by atoms with E-state index in [2.05, 4.69) is 10.2 Å². The fraction of sp³-hybridized carbons (Fsp3) is 0.450. The van der Waals surface area contributed by atoms with Crippen LogP contribution in [0.2, 0.25) is 5.02 Å². The van der Waals surface area contributed by atoms with Crippen molar-refractivity contribution in [1.82, 2.24) is 14.8 Å². The van der Waals surface area contributed by atoms with Gasteiger partial charge in [-0.2, -0.15) is 0 Å². The summed E-state index contributed by atoms with van der Waals surface area (Å²) < 4.78 is 18.2. The third-order valence-electron chi connectivity index (χ3n) is 4.31. The quantitative estimate of drug-likeness (QED) is 0.536. The molecule has 0 aliphatic rings. The van der Waals surface area contributed by atoms with Crippen molar-refractivity contribution in [3.05, 3.63) is 40.7 Å². The lowest BCUT2D eigenvalue weighted by Crippen LogP contribution is -2.38. The number of guanidine groups is 1. The van der Waals surface area contributed by atoms with Crippen molar-refractivity contribution in [2.45, 2.75) is 20.0 Å². The van der Waals surface area contributed by atoms with Crippen molar-refractivity contribution >= 4 is 17.6 Å². The van der Waals surface area contributed by atoms with Crippen molar-refractivity contribution < 1.29 is 14.2 Å². The first-order chi connectivity index (χ1) is 13.4. The third kappa shape index (κ3) is 5.25. The van der Waals surface area contributed by atoms with E-state index in [1.807, 2.05) is 50.0 Å². The Balaban J connectivity index is 2.23. The third-order valence-corrected chi connectivity index (χ3v) is 4.51. The SMILES string of the molecule is CCNC(=NCc1cc(OC)c(OC)c(OC)c1)N(C)Cc1cc(Cl)cn1C. The number of halogens is 1. The van der Waals surface area contributed by atoms with Crippen LogP contribution in [0, 0.1) is 0 Å². The first-order valence-corrected chi connectivity index (χ1v) is 9.40. The summed E-state index contributed by atoms with van der Waals surface area (Å²) in [7, 11) is 8.78.